The second-order valence-corrected chi connectivity index (χ2v) is 6.88. The maximum atomic E-state index is 12.0. The predicted octanol–water partition coefficient (Wildman–Crippen LogP) is 3.93. The molecule has 2 rings (SSSR count). The second kappa shape index (κ2) is 9.36. The van der Waals surface area contributed by atoms with Crippen LogP contribution in [0, 0.1) is 6.92 Å². The van der Waals surface area contributed by atoms with Crippen LogP contribution in [-0.2, 0) is 10.5 Å². The molecule has 1 heterocycles. The van der Waals surface area contributed by atoms with Gasteiger partial charge in [-0.05, 0) is 36.1 Å². The maximum absolute atomic E-state index is 12.0. The molecule has 1 aromatic heterocycles. The van der Waals surface area contributed by atoms with Crippen molar-refractivity contribution in [3.05, 3.63) is 65.5 Å². The number of thioether (sulfide) groups is 1. The Morgan fingerprint density at radius 2 is 1.87 bits per heavy atom. The third-order valence-electron chi connectivity index (χ3n) is 3.72. The lowest BCUT2D eigenvalue weighted by molar-refractivity contribution is -0.121. The van der Waals surface area contributed by atoms with E-state index in [9.17, 15) is 4.79 Å². The fourth-order valence-corrected chi connectivity index (χ4v) is 3.12. The molecule has 122 valence electrons. The number of hydrogen-bond acceptors (Lipinski definition) is 3. The average Bonchev–Trinajstić information content (AvgIpc) is 2.57. The highest BCUT2D eigenvalue weighted by atomic mass is 32.2. The highest BCUT2D eigenvalue weighted by Crippen LogP contribution is 2.17. The fourth-order valence-electron chi connectivity index (χ4n) is 2.30. The van der Waals surface area contributed by atoms with Crippen LogP contribution in [0.4, 0.5) is 0 Å². The van der Waals surface area contributed by atoms with E-state index in [0.29, 0.717) is 6.42 Å². The molecule has 4 heteroatoms. The summed E-state index contributed by atoms with van der Waals surface area (Å²) in [4.78, 5) is 16.0. The van der Waals surface area contributed by atoms with Gasteiger partial charge < -0.3 is 5.32 Å². The number of hydrogen-bond donors (Lipinski definition) is 1. The summed E-state index contributed by atoms with van der Waals surface area (Å²) in [5.41, 5.74) is 3.77. The van der Waals surface area contributed by atoms with Crippen molar-refractivity contribution < 1.29 is 4.79 Å². The van der Waals surface area contributed by atoms with Crippen LogP contribution in [-0.4, -0.2) is 23.2 Å². The van der Waals surface area contributed by atoms with Gasteiger partial charge in [0.2, 0.25) is 5.91 Å². The van der Waals surface area contributed by atoms with Crippen LogP contribution in [0.1, 0.15) is 36.0 Å². The van der Waals surface area contributed by atoms with Gasteiger partial charge in [0.25, 0.3) is 0 Å². The van der Waals surface area contributed by atoms with Gasteiger partial charge in [0.15, 0.2) is 0 Å². The molecule has 0 aliphatic carbocycles. The Balaban J connectivity index is 1.60. The molecule has 0 saturated carbocycles. The first-order valence-corrected chi connectivity index (χ1v) is 9.10. The van der Waals surface area contributed by atoms with Gasteiger partial charge in [-0.15, -0.1) is 0 Å². The van der Waals surface area contributed by atoms with Crippen LogP contribution in [0.5, 0.6) is 0 Å². The third-order valence-corrected chi connectivity index (χ3v) is 4.75. The minimum atomic E-state index is 0.116. The van der Waals surface area contributed by atoms with Crippen molar-refractivity contribution in [3.8, 4) is 0 Å². The van der Waals surface area contributed by atoms with E-state index in [1.54, 1.807) is 12.4 Å². The number of amides is 1. The molecule has 0 bridgehead atoms. The summed E-state index contributed by atoms with van der Waals surface area (Å²) in [5, 5.41) is 3.00. The standard InChI is InChI=1S/C19H24N2OS/c1-15-3-5-17(6-4-15)14-23-12-11-21-19(22)13-16(2)18-7-9-20-10-8-18/h3-10,16H,11-14H2,1-2H3,(H,21,22). The van der Waals surface area contributed by atoms with E-state index in [4.69, 9.17) is 0 Å². The molecule has 1 atom stereocenters. The highest BCUT2D eigenvalue weighted by Gasteiger charge is 2.10. The first kappa shape index (κ1) is 17.5. The van der Waals surface area contributed by atoms with Crippen LogP contribution in [0.15, 0.2) is 48.8 Å². The number of benzene rings is 1. The van der Waals surface area contributed by atoms with Gasteiger partial charge in [-0.25, -0.2) is 0 Å². The molecule has 0 saturated heterocycles. The number of nitrogens with zero attached hydrogens (tertiary/aromatic N) is 1. The molecular formula is C19H24N2OS. The minimum Gasteiger partial charge on any atom is -0.355 e. The van der Waals surface area contributed by atoms with Crippen molar-refractivity contribution in [2.75, 3.05) is 12.3 Å². The lowest BCUT2D eigenvalue weighted by atomic mass is 9.99. The number of nitrogens with one attached hydrogen (secondary N) is 1. The topological polar surface area (TPSA) is 42.0 Å². The van der Waals surface area contributed by atoms with E-state index >= 15 is 0 Å². The molecule has 0 radical (unpaired) electrons. The molecule has 0 aliphatic heterocycles. The van der Waals surface area contributed by atoms with Gasteiger partial charge >= 0.3 is 0 Å². The van der Waals surface area contributed by atoms with Crippen LogP contribution < -0.4 is 5.32 Å². The largest absolute Gasteiger partial charge is 0.355 e. The van der Waals surface area contributed by atoms with Crippen molar-refractivity contribution in [2.24, 2.45) is 0 Å². The Labute approximate surface area is 142 Å². The lowest BCUT2D eigenvalue weighted by Gasteiger charge is -2.11. The van der Waals surface area contributed by atoms with E-state index < -0.39 is 0 Å². The van der Waals surface area contributed by atoms with Gasteiger partial charge in [-0.2, -0.15) is 11.8 Å². The minimum absolute atomic E-state index is 0.116. The normalized spacial score (nSPS) is 11.9. The summed E-state index contributed by atoms with van der Waals surface area (Å²) in [5.74, 6) is 2.26. The first-order chi connectivity index (χ1) is 11.1. The van der Waals surface area contributed by atoms with Gasteiger partial charge in [0.05, 0.1) is 0 Å². The Hall–Kier alpha value is -1.81. The number of pyridine rings is 1. The average molecular weight is 328 g/mol. The van der Waals surface area contributed by atoms with Crippen molar-refractivity contribution in [1.82, 2.24) is 10.3 Å². The summed E-state index contributed by atoms with van der Waals surface area (Å²) in [6.45, 7) is 4.89. The molecule has 23 heavy (non-hydrogen) atoms. The first-order valence-electron chi connectivity index (χ1n) is 7.95. The zero-order chi connectivity index (χ0) is 16.5. The number of carbonyl (C=O) groups excluding carboxylic acids is 1. The van der Waals surface area contributed by atoms with Crippen molar-refractivity contribution in [2.45, 2.75) is 31.9 Å². The van der Waals surface area contributed by atoms with Gasteiger partial charge in [0, 0.05) is 36.9 Å². The van der Waals surface area contributed by atoms with Crippen molar-refractivity contribution in [3.63, 3.8) is 0 Å². The summed E-state index contributed by atoms with van der Waals surface area (Å²) in [6, 6.07) is 12.5. The van der Waals surface area contributed by atoms with E-state index in [1.807, 2.05) is 23.9 Å². The van der Waals surface area contributed by atoms with E-state index in [-0.39, 0.29) is 11.8 Å². The zero-order valence-electron chi connectivity index (χ0n) is 13.8. The summed E-state index contributed by atoms with van der Waals surface area (Å²) >= 11 is 1.85. The lowest BCUT2D eigenvalue weighted by Crippen LogP contribution is -2.26. The Morgan fingerprint density at radius 3 is 2.57 bits per heavy atom. The molecule has 0 aliphatic rings. The van der Waals surface area contributed by atoms with Crippen LogP contribution in [0.2, 0.25) is 0 Å². The van der Waals surface area contributed by atoms with Crippen LogP contribution in [0.3, 0.4) is 0 Å². The third kappa shape index (κ3) is 6.45. The molecule has 2 aromatic rings. The Bertz CT molecular complexity index is 599. The Kier molecular flexibility index (Phi) is 7.14. The molecule has 1 unspecified atom stereocenters. The smallest absolute Gasteiger partial charge is 0.220 e. The van der Waals surface area contributed by atoms with Crippen LogP contribution in [0.25, 0.3) is 0 Å². The van der Waals surface area contributed by atoms with Gasteiger partial charge in [-0.1, -0.05) is 36.8 Å². The highest BCUT2D eigenvalue weighted by molar-refractivity contribution is 7.98. The number of aromatic nitrogens is 1. The molecule has 1 amide bonds. The van der Waals surface area contributed by atoms with Gasteiger partial charge in [-0.3, -0.25) is 9.78 Å². The maximum Gasteiger partial charge on any atom is 0.220 e. The molecule has 0 fully saturated rings. The molecule has 0 spiro atoms. The predicted molar refractivity (Wildman–Crippen MR) is 97.6 cm³/mol. The molecule has 1 N–H and O–H groups in total. The Morgan fingerprint density at radius 1 is 1.17 bits per heavy atom. The van der Waals surface area contributed by atoms with Crippen molar-refractivity contribution >= 4 is 17.7 Å². The fraction of sp³-hybridized carbons (Fsp3) is 0.368. The summed E-state index contributed by atoms with van der Waals surface area (Å²) in [6.07, 6.45) is 4.06. The van der Waals surface area contributed by atoms with E-state index in [2.05, 4.69) is 48.4 Å². The quantitative estimate of drug-likeness (QED) is 0.747. The van der Waals surface area contributed by atoms with E-state index in [1.165, 1.54) is 11.1 Å². The SMILES string of the molecule is Cc1ccc(CSCCNC(=O)CC(C)c2ccncc2)cc1. The zero-order valence-corrected chi connectivity index (χ0v) is 14.6. The number of aryl methyl sites for hydroxylation is 1. The molecule has 1 aromatic carbocycles. The second-order valence-electron chi connectivity index (χ2n) is 5.77. The van der Waals surface area contributed by atoms with Crippen LogP contribution >= 0.6 is 11.8 Å². The van der Waals surface area contributed by atoms with Gasteiger partial charge in [0.1, 0.15) is 0 Å². The monoisotopic (exact) mass is 328 g/mol. The van der Waals surface area contributed by atoms with E-state index in [0.717, 1.165) is 23.6 Å². The number of carbonyl (C=O) groups is 1. The summed E-state index contributed by atoms with van der Waals surface area (Å²) < 4.78 is 0. The summed E-state index contributed by atoms with van der Waals surface area (Å²) in [7, 11) is 0. The number of rotatable bonds is 8. The molecule has 3 nitrogen and oxygen atoms in total. The van der Waals surface area contributed by atoms with Crippen molar-refractivity contribution in [1.29, 1.82) is 0 Å². The molecular weight excluding hydrogens is 304 g/mol.